The van der Waals surface area contributed by atoms with Gasteiger partial charge in [-0.25, -0.2) is 0 Å². The van der Waals surface area contributed by atoms with Crippen LogP contribution in [0.4, 0.5) is 5.69 Å². The molecule has 2 N–H and O–H groups in total. The number of Topliss-reactive ketones (excluding diaryl/α,β-unsaturated/α-hetero) is 1. The van der Waals surface area contributed by atoms with Gasteiger partial charge in [-0.05, 0) is 44.0 Å². The Morgan fingerprint density at radius 1 is 0.920 bits per heavy atom. The molecule has 0 saturated carbocycles. The molecule has 1 aromatic carbocycles. The van der Waals surface area contributed by atoms with Crippen molar-refractivity contribution in [3.8, 4) is 0 Å². The van der Waals surface area contributed by atoms with Gasteiger partial charge in [-0.2, -0.15) is 0 Å². The molecule has 0 unspecified atom stereocenters. The zero-order chi connectivity index (χ0) is 18.7. The minimum atomic E-state index is -0.146. The van der Waals surface area contributed by atoms with Crippen molar-refractivity contribution in [2.45, 2.75) is 39.5 Å². The second kappa shape index (κ2) is 11.4. The summed E-state index contributed by atoms with van der Waals surface area (Å²) >= 11 is 0.992. The molecule has 0 aliphatic carbocycles. The van der Waals surface area contributed by atoms with E-state index in [1.165, 1.54) is 13.8 Å². The molecular weight excluding hydrogens is 340 g/mol. The third-order valence-corrected chi connectivity index (χ3v) is 4.20. The number of nitrogens with one attached hydrogen (secondary N) is 2. The van der Waals surface area contributed by atoms with E-state index < -0.39 is 0 Å². The van der Waals surface area contributed by atoms with Crippen LogP contribution in [0.25, 0.3) is 0 Å². The van der Waals surface area contributed by atoms with Gasteiger partial charge in [0.2, 0.25) is 11.8 Å². The number of ketones is 1. The van der Waals surface area contributed by atoms with Gasteiger partial charge < -0.3 is 10.6 Å². The lowest BCUT2D eigenvalue weighted by atomic mass is 10.1. The van der Waals surface area contributed by atoms with E-state index >= 15 is 0 Å². The standard InChI is InChI=1S/C18H24N2O4S/c1-13(21)15-7-9-16(10-8-15)20-17(23)6-4-3-5-11-19-18(24)12-25-14(2)22/h7-10H,3-6,11-12H2,1-2H3,(H,19,24)(H,20,23). The van der Waals surface area contributed by atoms with Crippen LogP contribution in [0.5, 0.6) is 0 Å². The largest absolute Gasteiger partial charge is 0.355 e. The first-order valence-electron chi connectivity index (χ1n) is 8.19. The van der Waals surface area contributed by atoms with Crippen molar-refractivity contribution in [3.05, 3.63) is 29.8 Å². The van der Waals surface area contributed by atoms with Crippen LogP contribution in [-0.2, 0) is 14.4 Å². The van der Waals surface area contributed by atoms with Crippen molar-refractivity contribution in [1.29, 1.82) is 0 Å². The lowest BCUT2D eigenvalue weighted by Gasteiger charge is -2.06. The van der Waals surface area contributed by atoms with Gasteiger partial charge in [0.15, 0.2) is 10.9 Å². The van der Waals surface area contributed by atoms with E-state index in [4.69, 9.17) is 0 Å². The highest BCUT2D eigenvalue weighted by molar-refractivity contribution is 8.14. The van der Waals surface area contributed by atoms with Crippen LogP contribution in [0.1, 0.15) is 49.9 Å². The zero-order valence-electron chi connectivity index (χ0n) is 14.6. The van der Waals surface area contributed by atoms with Crippen molar-refractivity contribution in [2.24, 2.45) is 0 Å². The maximum atomic E-state index is 11.8. The third-order valence-electron chi connectivity index (χ3n) is 3.38. The summed E-state index contributed by atoms with van der Waals surface area (Å²) in [5, 5.41) is 5.46. The predicted molar refractivity (Wildman–Crippen MR) is 99.7 cm³/mol. The van der Waals surface area contributed by atoms with Gasteiger partial charge in [0.05, 0.1) is 5.75 Å². The fourth-order valence-electron chi connectivity index (χ4n) is 2.05. The molecule has 0 spiro atoms. The topological polar surface area (TPSA) is 92.3 Å². The third kappa shape index (κ3) is 9.66. The molecule has 0 aliphatic rings. The number of rotatable bonds is 10. The first-order valence-corrected chi connectivity index (χ1v) is 9.18. The maximum absolute atomic E-state index is 11.8. The van der Waals surface area contributed by atoms with E-state index in [9.17, 15) is 19.2 Å². The molecule has 1 aromatic rings. The van der Waals surface area contributed by atoms with Crippen molar-refractivity contribution < 1.29 is 19.2 Å². The molecule has 0 aromatic heterocycles. The molecule has 136 valence electrons. The van der Waals surface area contributed by atoms with Crippen LogP contribution in [0, 0.1) is 0 Å². The Hall–Kier alpha value is -2.15. The van der Waals surface area contributed by atoms with Crippen LogP contribution < -0.4 is 10.6 Å². The number of carbonyl (C=O) groups is 4. The lowest BCUT2D eigenvalue weighted by molar-refractivity contribution is -0.119. The number of hydrogen-bond donors (Lipinski definition) is 2. The molecule has 0 aliphatic heterocycles. The SMILES string of the molecule is CC(=O)SCC(=O)NCCCCCC(=O)Nc1ccc(C(C)=O)cc1. The molecule has 1 rings (SSSR count). The van der Waals surface area contributed by atoms with E-state index in [2.05, 4.69) is 10.6 Å². The number of thioether (sulfide) groups is 1. The average Bonchev–Trinajstić information content (AvgIpc) is 2.56. The van der Waals surface area contributed by atoms with Gasteiger partial charge >= 0.3 is 0 Å². The quantitative estimate of drug-likeness (QED) is 0.492. The van der Waals surface area contributed by atoms with E-state index in [0.717, 1.165) is 31.0 Å². The molecule has 2 amide bonds. The van der Waals surface area contributed by atoms with Crippen LogP contribution in [-0.4, -0.2) is 35.0 Å². The summed E-state index contributed by atoms with van der Waals surface area (Å²) < 4.78 is 0. The molecule has 0 bridgehead atoms. The highest BCUT2D eigenvalue weighted by Crippen LogP contribution is 2.11. The number of benzene rings is 1. The highest BCUT2D eigenvalue weighted by Gasteiger charge is 2.05. The fraction of sp³-hybridized carbons (Fsp3) is 0.444. The molecule has 0 fully saturated rings. The molecule has 0 saturated heterocycles. The van der Waals surface area contributed by atoms with Gasteiger partial charge in [-0.1, -0.05) is 18.2 Å². The smallest absolute Gasteiger partial charge is 0.230 e. The number of anilines is 1. The van der Waals surface area contributed by atoms with Crippen LogP contribution in [0.15, 0.2) is 24.3 Å². The molecule has 0 heterocycles. The first kappa shape index (κ1) is 20.9. The van der Waals surface area contributed by atoms with Crippen molar-refractivity contribution >= 4 is 40.2 Å². The number of unbranched alkanes of at least 4 members (excludes halogenated alkanes) is 2. The van der Waals surface area contributed by atoms with Crippen LogP contribution in [0.3, 0.4) is 0 Å². The Morgan fingerprint density at radius 2 is 1.60 bits per heavy atom. The van der Waals surface area contributed by atoms with E-state index in [-0.39, 0.29) is 28.5 Å². The fourth-order valence-corrected chi connectivity index (χ4v) is 2.48. The summed E-state index contributed by atoms with van der Waals surface area (Å²) in [6.07, 6.45) is 2.76. The molecule has 25 heavy (non-hydrogen) atoms. The predicted octanol–water partition coefficient (Wildman–Crippen LogP) is 2.78. The Balaban J connectivity index is 2.11. The van der Waals surface area contributed by atoms with Crippen molar-refractivity contribution in [3.63, 3.8) is 0 Å². The van der Waals surface area contributed by atoms with Gasteiger partial charge in [-0.15, -0.1) is 0 Å². The summed E-state index contributed by atoms with van der Waals surface area (Å²) in [4.78, 5) is 45.1. The summed E-state index contributed by atoms with van der Waals surface area (Å²) in [5.41, 5.74) is 1.28. The molecule has 6 nitrogen and oxygen atoms in total. The summed E-state index contributed by atoms with van der Waals surface area (Å²) in [6, 6.07) is 6.79. The highest BCUT2D eigenvalue weighted by atomic mass is 32.2. The van der Waals surface area contributed by atoms with Gasteiger partial charge in [-0.3, -0.25) is 19.2 Å². The van der Waals surface area contributed by atoms with Crippen LogP contribution >= 0.6 is 11.8 Å². The van der Waals surface area contributed by atoms with Crippen molar-refractivity contribution in [1.82, 2.24) is 5.32 Å². The lowest BCUT2D eigenvalue weighted by Crippen LogP contribution is -2.26. The van der Waals surface area contributed by atoms with E-state index in [1.54, 1.807) is 24.3 Å². The molecule has 0 radical (unpaired) electrons. The second-order valence-electron chi connectivity index (χ2n) is 5.62. The van der Waals surface area contributed by atoms with E-state index in [0.29, 0.717) is 24.2 Å². The van der Waals surface area contributed by atoms with Gasteiger partial charge in [0.1, 0.15) is 0 Å². The summed E-state index contributed by atoms with van der Waals surface area (Å²) in [6.45, 7) is 3.48. The Bertz CT molecular complexity index is 614. The average molecular weight is 364 g/mol. The molecular formula is C18H24N2O4S. The normalized spacial score (nSPS) is 10.2. The van der Waals surface area contributed by atoms with Gasteiger partial charge in [0, 0.05) is 31.1 Å². The monoisotopic (exact) mass is 364 g/mol. The number of hydrogen-bond acceptors (Lipinski definition) is 5. The number of amides is 2. The second-order valence-corrected chi connectivity index (χ2v) is 6.77. The minimum absolute atomic E-state index is 0.00939. The maximum Gasteiger partial charge on any atom is 0.230 e. The van der Waals surface area contributed by atoms with Crippen LogP contribution in [0.2, 0.25) is 0 Å². The Kier molecular flexibility index (Phi) is 9.54. The Morgan fingerprint density at radius 3 is 2.20 bits per heavy atom. The summed E-state index contributed by atoms with van der Waals surface area (Å²) in [5.74, 6) is -0.0746. The Labute approximate surface area is 152 Å². The summed E-state index contributed by atoms with van der Waals surface area (Å²) in [7, 11) is 0. The van der Waals surface area contributed by atoms with Crippen molar-refractivity contribution in [2.75, 3.05) is 17.6 Å². The molecule has 0 atom stereocenters. The van der Waals surface area contributed by atoms with E-state index in [1.807, 2.05) is 0 Å². The zero-order valence-corrected chi connectivity index (χ0v) is 15.4. The first-order chi connectivity index (χ1) is 11.9. The van der Waals surface area contributed by atoms with Gasteiger partial charge in [0.25, 0.3) is 0 Å². The molecule has 7 heteroatoms. The minimum Gasteiger partial charge on any atom is -0.355 e. The number of carbonyl (C=O) groups excluding carboxylic acids is 4.